The average Bonchev–Trinajstić information content (AvgIpc) is 3.97. The molecule has 244 valence electrons. The van der Waals surface area contributed by atoms with Crippen LogP contribution in [0.5, 0.6) is 0 Å². The van der Waals surface area contributed by atoms with Crippen molar-refractivity contribution < 1.29 is 0 Å². The van der Waals surface area contributed by atoms with E-state index in [2.05, 4.69) is 169 Å². The second-order valence-corrected chi connectivity index (χ2v) is 16.0. The standard InChI is InChI=1S/C49H37NS/c1-2-9-33(10-3-1)34-18-23-37(24-19-34)50(39-27-28-43-42-12-5-7-16-46(42)51-47(43)30-39)38-25-20-35(21-26-38)40-13-8-14-44-41-11-4-6-15-45(41)49(48(40)44)31-32-17-22-36(49)29-32/h1-16,18-21,23-28,30,32,36H,17,22,29,31H2. The summed E-state index contributed by atoms with van der Waals surface area (Å²) in [5.41, 5.74) is 14.9. The maximum Gasteiger partial charge on any atom is 0.0476 e. The summed E-state index contributed by atoms with van der Waals surface area (Å²) in [7, 11) is 0. The first-order chi connectivity index (χ1) is 25.2. The molecule has 2 bridgehead atoms. The second kappa shape index (κ2) is 11.3. The van der Waals surface area contributed by atoms with E-state index in [0.717, 1.165) is 23.2 Å². The Morgan fingerprint density at radius 3 is 1.92 bits per heavy atom. The molecule has 2 fully saturated rings. The van der Waals surface area contributed by atoms with Crippen molar-refractivity contribution in [1.29, 1.82) is 0 Å². The van der Waals surface area contributed by atoms with Crippen LogP contribution in [-0.4, -0.2) is 0 Å². The summed E-state index contributed by atoms with van der Waals surface area (Å²) in [5, 5.41) is 2.65. The molecule has 3 aliphatic carbocycles. The number of thiophene rings is 1. The van der Waals surface area contributed by atoms with Gasteiger partial charge >= 0.3 is 0 Å². The van der Waals surface area contributed by atoms with E-state index in [-0.39, 0.29) is 5.41 Å². The number of benzene rings is 7. The molecule has 0 radical (unpaired) electrons. The fourth-order valence-electron chi connectivity index (χ4n) is 10.2. The molecule has 0 aliphatic heterocycles. The van der Waals surface area contributed by atoms with Crippen LogP contribution in [0.4, 0.5) is 17.1 Å². The molecular formula is C49H37NS. The van der Waals surface area contributed by atoms with Crippen molar-refractivity contribution in [2.24, 2.45) is 11.8 Å². The monoisotopic (exact) mass is 671 g/mol. The van der Waals surface area contributed by atoms with Crippen LogP contribution in [0.3, 0.4) is 0 Å². The fourth-order valence-corrected chi connectivity index (χ4v) is 11.4. The molecule has 0 amide bonds. The lowest BCUT2D eigenvalue weighted by molar-refractivity contribution is 0.327. The number of rotatable bonds is 5. The third kappa shape index (κ3) is 4.39. The van der Waals surface area contributed by atoms with Crippen LogP contribution >= 0.6 is 11.3 Å². The van der Waals surface area contributed by atoms with E-state index in [1.54, 1.807) is 11.1 Å². The maximum atomic E-state index is 2.44. The predicted octanol–water partition coefficient (Wildman–Crippen LogP) is 13.9. The Hall–Kier alpha value is -5.44. The van der Waals surface area contributed by atoms with Crippen LogP contribution in [0.1, 0.15) is 36.8 Å². The molecule has 11 rings (SSSR count). The molecule has 1 nitrogen and oxygen atoms in total. The first kappa shape index (κ1) is 29.3. The highest BCUT2D eigenvalue weighted by Crippen LogP contribution is 2.67. The third-order valence-corrected chi connectivity index (χ3v) is 13.5. The number of hydrogen-bond donors (Lipinski definition) is 0. The van der Waals surface area contributed by atoms with E-state index in [1.807, 2.05) is 11.3 Å². The lowest BCUT2D eigenvalue weighted by atomic mass is 9.65. The first-order valence-electron chi connectivity index (χ1n) is 18.5. The predicted molar refractivity (Wildman–Crippen MR) is 217 cm³/mol. The number of nitrogens with zero attached hydrogens (tertiary/aromatic N) is 1. The van der Waals surface area contributed by atoms with E-state index >= 15 is 0 Å². The van der Waals surface area contributed by atoms with Gasteiger partial charge in [0, 0.05) is 42.6 Å². The van der Waals surface area contributed by atoms with Gasteiger partial charge in [0.2, 0.25) is 0 Å². The van der Waals surface area contributed by atoms with Crippen LogP contribution in [-0.2, 0) is 5.41 Å². The molecule has 51 heavy (non-hydrogen) atoms. The molecule has 8 aromatic rings. The van der Waals surface area contributed by atoms with Crippen molar-refractivity contribution >= 4 is 48.6 Å². The Kier molecular flexibility index (Phi) is 6.48. The molecule has 3 unspecified atom stereocenters. The van der Waals surface area contributed by atoms with Gasteiger partial charge in [0.25, 0.3) is 0 Å². The SMILES string of the molecule is c1ccc(-c2ccc(N(c3ccc(-c4cccc5c4C4(CC6CCC4C6)c4ccccc4-5)cc3)c3ccc4c(c3)sc3ccccc34)cc2)cc1. The van der Waals surface area contributed by atoms with Crippen LogP contribution in [0.15, 0.2) is 164 Å². The topological polar surface area (TPSA) is 3.24 Å². The summed E-state index contributed by atoms with van der Waals surface area (Å²) in [5.74, 6) is 1.59. The van der Waals surface area contributed by atoms with Crippen LogP contribution in [0.25, 0.3) is 53.6 Å². The van der Waals surface area contributed by atoms with Gasteiger partial charge < -0.3 is 4.90 Å². The first-order valence-corrected chi connectivity index (χ1v) is 19.3. The van der Waals surface area contributed by atoms with E-state index < -0.39 is 0 Å². The lowest BCUT2D eigenvalue weighted by Gasteiger charge is -2.37. The zero-order chi connectivity index (χ0) is 33.5. The van der Waals surface area contributed by atoms with Gasteiger partial charge in [0.15, 0.2) is 0 Å². The summed E-state index contributed by atoms with van der Waals surface area (Å²) in [6.45, 7) is 0. The summed E-state index contributed by atoms with van der Waals surface area (Å²) in [4.78, 5) is 2.42. The fraction of sp³-hybridized carbons (Fsp3) is 0.143. The zero-order valence-corrected chi connectivity index (χ0v) is 29.2. The van der Waals surface area contributed by atoms with Crippen LogP contribution < -0.4 is 4.90 Å². The number of fused-ring (bicyclic) bond motifs is 11. The van der Waals surface area contributed by atoms with E-state index in [1.165, 1.54) is 84.9 Å². The van der Waals surface area contributed by atoms with Crippen molar-refractivity contribution in [3.63, 3.8) is 0 Å². The van der Waals surface area contributed by atoms with Gasteiger partial charge in [-0.05, 0) is 118 Å². The van der Waals surface area contributed by atoms with Crippen molar-refractivity contribution in [2.75, 3.05) is 4.90 Å². The van der Waals surface area contributed by atoms with Crippen molar-refractivity contribution in [3.05, 3.63) is 175 Å². The molecule has 0 saturated heterocycles. The molecule has 3 aliphatic rings. The largest absolute Gasteiger partial charge is 0.310 e. The van der Waals surface area contributed by atoms with Gasteiger partial charge in [-0.25, -0.2) is 0 Å². The third-order valence-electron chi connectivity index (χ3n) is 12.3. The molecule has 1 aromatic heterocycles. The number of hydrogen-bond acceptors (Lipinski definition) is 2. The smallest absolute Gasteiger partial charge is 0.0476 e. The summed E-state index contributed by atoms with van der Waals surface area (Å²) >= 11 is 1.88. The Morgan fingerprint density at radius 1 is 0.490 bits per heavy atom. The maximum absolute atomic E-state index is 2.44. The highest BCUT2D eigenvalue weighted by Gasteiger charge is 2.57. The van der Waals surface area contributed by atoms with Gasteiger partial charge in [-0.15, -0.1) is 11.3 Å². The minimum Gasteiger partial charge on any atom is -0.310 e. The second-order valence-electron chi connectivity index (χ2n) is 14.9. The van der Waals surface area contributed by atoms with Gasteiger partial charge in [-0.3, -0.25) is 0 Å². The molecule has 1 spiro atoms. The Balaban J connectivity index is 1.03. The Bertz CT molecular complexity index is 2600. The van der Waals surface area contributed by atoms with Crippen molar-refractivity contribution in [3.8, 4) is 33.4 Å². The Morgan fingerprint density at radius 2 is 1.14 bits per heavy atom. The quantitative estimate of drug-likeness (QED) is 0.176. The van der Waals surface area contributed by atoms with Crippen molar-refractivity contribution in [1.82, 2.24) is 0 Å². The van der Waals surface area contributed by atoms with Gasteiger partial charge in [-0.1, -0.05) is 128 Å². The number of anilines is 3. The van der Waals surface area contributed by atoms with Gasteiger partial charge in [0.05, 0.1) is 0 Å². The molecular weight excluding hydrogens is 635 g/mol. The average molecular weight is 672 g/mol. The minimum atomic E-state index is 0.149. The van der Waals surface area contributed by atoms with Crippen LogP contribution in [0.2, 0.25) is 0 Å². The Labute approximate surface area is 303 Å². The lowest BCUT2D eigenvalue weighted by Crippen LogP contribution is -2.32. The minimum absolute atomic E-state index is 0.149. The highest BCUT2D eigenvalue weighted by molar-refractivity contribution is 7.25. The molecule has 0 N–H and O–H groups in total. The molecule has 2 saturated carbocycles. The molecule has 3 atom stereocenters. The zero-order valence-electron chi connectivity index (χ0n) is 28.4. The molecule has 1 heterocycles. The van der Waals surface area contributed by atoms with Crippen molar-refractivity contribution in [2.45, 2.75) is 31.1 Å². The van der Waals surface area contributed by atoms with E-state index in [4.69, 9.17) is 0 Å². The summed E-state index contributed by atoms with van der Waals surface area (Å²) in [6, 6.07) is 61.2. The molecule has 7 aromatic carbocycles. The van der Waals surface area contributed by atoms with Gasteiger partial charge in [-0.2, -0.15) is 0 Å². The summed E-state index contributed by atoms with van der Waals surface area (Å²) in [6.07, 6.45) is 5.43. The molecule has 2 heteroatoms. The highest BCUT2D eigenvalue weighted by atomic mass is 32.1. The van der Waals surface area contributed by atoms with E-state index in [9.17, 15) is 0 Å². The van der Waals surface area contributed by atoms with E-state index in [0.29, 0.717) is 0 Å². The van der Waals surface area contributed by atoms with Crippen LogP contribution in [0, 0.1) is 11.8 Å². The normalized spacial score (nSPS) is 19.9. The summed E-state index contributed by atoms with van der Waals surface area (Å²) < 4.78 is 2.64. The van der Waals surface area contributed by atoms with Gasteiger partial charge in [0.1, 0.15) is 0 Å².